The van der Waals surface area contributed by atoms with Gasteiger partial charge in [0.15, 0.2) is 0 Å². The van der Waals surface area contributed by atoms with Gasteiger partial charge in [0.2, 0.25) is 0 Å². The predicted octanol–water partition coefficient (Wildman–Crippen LogP) is 2.92. The van der Waals surface area contributed by atoms with Crippen LogP contribution in [-0.2, 0) is 6.18 Å². The molecule has 0 saturated heterocycles. The highest BCUT2D eigenvalue weighted by molar-refractivity contribution is 5.47. The third-order valence-electron chi connectivity index (χ3n) is 2.56. The number of likely N-dealkylation sites (N-methyl/N-ethyl adjacent to an activating group) is 1. The lowest BCUT2D eigenvalue weighted by molar-refractivity contribution is -0.137. The van der Waals surface area contributed by atoms with E-state index in [4.69, 9.17) is 0 Å². The van der Waals surface area contributed by atoms with Gasteiger partial charge in [-0.3, -0.25) is 0 Å². The number of hydrogen-bond donors (Lipinski definition) is 1. The monoisotopic (exact) mass is 275 g/mol. The summed E-state index contributed by atoms with van der Waals surface area (Å²) in [6.07, 6.45) is -3.01. The van der Waals surface area contributed by atoms with Crippen LogP contribution in [0.3, 0.4) is 0 Å². The molecule has 108 valence electrons. The Morgan fingerprint density at radius 1 is 1.26 bits per heavy atom. The molecule has 0 bridgehead atoms. The minimum atomic E-state index is -4.38. The van der Waals surface area contributed by atoms with Gasteiger partial charge in [-0.15, -0.1) is 0 Å². The fourth-order valence-electron chi connectivity index (χ4n) is 1.63. The minimum Gasteiger partial charge on any atom is -0.358 e. The molecule has 0 aliphatic carbocycles. The minimum absolute atomic E-state index is 0.0364. The Labute approximate surface area is 111 Å². The van der Waals surface area contributed by atoms with Crippen molar-refractivity contribution in [3.63, 3.8) is 0 Å². The van der Waals surface area contributed by atoms with E-state index in [2.05, 4.69) is 10.3 Å². The van der Waals surface area contributed by atoms with Gasteiger partial charge >= 0.3 is 6.18 Å². The normalized spacial score (nSPS) is 12.6. The summed E-state index contributed by atoms with van der Waals surface area (Å²) in [6, 6.07) is 2.35. The zero-order chi connectivity index (χ0) is 14.7. The topological polar surface area (TPSA) is 28.2 Å². The van der Waals surface area contributed by atoms with Gasteiger partial charge in [-0.1, -0.05) is 0 Å². The maximum atomic E-state index is 12.8. The average molecular weight is 275 g/mol. The quantitative estimate of drug-likeness (QED) is 0.915. The molecule has 0 atom stereocenters. The number of anilines is 1. The van der Waals surface area contributed by atoms with E-state index >= 15 is 0 Å². The van der Waals surface area contributed by atoms with E-state index in [0.29, 0.717) is 13.1 Å². The first-order chi connectivity index (χ1) is 8.61. The molecule has 0 fully saturated rings. The number of halogens is 3. The van der Waals surface area contributed by atoms with Gasteiger partial charge in [-0.05, 0) is 32.9 Å². The van der Waals surface area contributed by atoms with E-state index < -0.39 is 11.7 Å². The maximum absolute atomic E-state index is 12.8. The third-order valence-corrected chi connectivity index (χ3v) is 2.56. The van der Waals surface area contributed by atoms with Gasteiger partial charge < -0.3 is 10.2 Å². The van der Waals surface area contributed by atoms with Crippen LogP contribution in [-0.4, -0.2) is 30.7 Å². The Morgan fingerprint density at radius 2 is 1.89 bits per heavy atom. The fourth-order valence-corrected chi connectivity index (χ4v) is 1.63. The van der Waals surface area contributed by atoms with Crippen molar-refractivity contribution in [2.45, 2.75) is 32.5 Å². The highest BCUT2D eigenvalue weighted by Crippen LogP contribution is 2.34. The maximum Gasteiger partial charge on any atom is 0.419 e. The molecule has 6 heteroatoms. The Kier molecular flexibility index (Phi) is 4.79. The number of nitrogens with one attached hydrogen (secondary N) is 1. The Balaban J connectivity index is 2.75. The van der Waals surface area contributed by atoms with Crippen LogP contribution in [0.15, 0.2) is 18.3 Å². The summed E-state index contributed by atoms with van der Waals surface area (Å²) in [5, 5.41) is 3.23. The Morgan fingerprint density at radius 3 is 2.42 bits per heavy atom. The molecule has 0 aliphatic rings. The van der Waals surface area contributed by atoms with Gasteiger partial charge in [-0.2, -0.15) is 13.2 Å². The molecule has 1 heterocycles. The number of alkyl halides is 3. The molecule has 1 aromatic heterocycles. The SMILES string of the molecule is CN(CCNC(C)(C)C)c1ncccc1C(F)(F)F. The molecule has 0 spiro atoms. The summed E-state index contributed by atoms with van der Waals surface area (Å²) in [5.74, 6) is -0.0364. The second kappa shape index (κ2) is 5.77. The highest BCUT2D eigenvalue weighted by atomic mass is 19.4. The molecule has 19 heavy (non-hydrogen) atoms. The summed E-state index contributed by atoms with van der Waals surface area (Å²) in [6.45, 7) is 7.07. The van der Waals surface area contributed by atoms with Crippen molar-refractivity contribution in [1.82, 2.24) is 10.3 Å². The summed E-state index contributed by atoms with van der Waals surface area (Å²) < 4.78 is 38.5. The van der Waals surface area contributed by atoms with E-state index in [1.54, 1.807) is 7.05 Å². The van der Waals surface area contributed by atoms with Crippen LogP contribution in [0, 0.1) is 0 Å². The van der Waals surface area contributed by atoms with Crippen LogP contribution in [0.1, 0.15) is 26.3 Å². The summed E-state index contributed by atoms with van der Waals surface area (Å²) in [7, 11) is 1.61. The first-order valence-corrected chi connectivity index (χ1v) is 6.09. The van der Waals surface area contributed by atoms with Gasteiger partial charge in [-0.25, -0.2) is 4.98 Å². The molecule has 0 aromatic carbocycles. The van der Waals surface area contributed by atoms with Crippen LogP contribution in [0.2, 0.25) is 0 Å². The number of aromatic nitrogens is 1. The fraction of sp³-hybridized carbons (Fsp3) is 0.615. The lowest BCUT2D eigenvalue weighted by Crippen LogP contribution is -2.41. The zero-order valence-electron chi connectivity index (χ0n) is 11.7. The van der Waals surface area contributed by atoms with E-state index in [9.17, 15) is 13.2 Å². The molecule has 3 nitrogen and oxygen atoms in total. The molecular formula is C13H20F3N3. The molecule has 0 amide bonds. The summed E-state index contributed by atoms with van der Waals surface area (Å²) >= 11 is 0. The van der Waals surface area contributed by atoms with Crippen molar-refractivity contribution in [1.29, 1.82) is 0 Å². The van der Waals surface area contributed by atoms with Gasteiger partial charge in [0, 0.05) is 31.9 Å². The van der Waals surface area contributed by atoms with E-state index in [0.717, 1.165) is 6.07 Å². The van der Waals surface area contributed by atoms with Crippen molar-refractivity contribution < 1.29 is 13.2 Å². The molecule has 1 N–H and O–H groups in total. The third kappa shape index (κ3) is 5.06. The van der Waals surface area contributed by atoms with Crippen LogP contribution in [0.5, 0.6) is 0 Å². The van der Waals surface area contributed by atoms with Crippen LogP contribution < -0.4 is 10.2 Å². The summed E-state index contributed by atoms with van der Waals surface area (Å²) in [4.78, 5) is 5.35. The predicted molar refractivity (Wildman–Crippen MR) is 70.3 cm³/mol. The molecule has 0 radical (unpaired) electrons. The molecule has 0 saturated carbocycles. The zero-order valence-corrected chi connectivity index (χ0v) is 11.7. The van der Waals surface area contributed by atoms with Crippen molar-refractivity contribution in [2.24, 2.45) is 0 Å². The number of rotatable bonds is 4. The molecule has 0 unspecified atom stereocenters. The average Bonchev–Trinajstić information content (AvgIpc) is 2.26. The van der Waals surface area contributed by atoms with Crippen molar-refractivity contribution in [3.8, 4) is 0 Å². The standard InChI is InChI=1S/C13H20F3N3/c1-12(2,3)18-8-9-19(4)11-10(13(14,15)16)6-5-7-17-11/h5-7,18H,8-9H2,1-4H3. The number of pyridine rings is 1. The van der Waals surface area contributed by atoms with Crippen molar-refractivity contribution in [3.05, 3.63) is 23.9 Å². The van der Waals surface area contributed by atoms with Crippen molar-refractivity contribution >= 4 is 5.82 Å². The van der Waals surface area contributed by atoms with Crippen LogP contribution in [0.25, 0.3) is 0 Å². The second-order valence-electron chi connectivity index (χ2n) is 5.47. The highest BCUT2D eigenvalue weighted by Gasteiger charge is 2.34. The second-order valence-corrected chi connectivity index (χ2v) is 5.47. The van der Waals surface area contributed by atoms with Gasteiger partial charge in [0.25, 0.3) is 0 Å². The van der Waals surface area contributed by atoms with E-state index in [1.165, 1.54) is 17.2 Å². The largest absolute Gasteiger partial charge is 0.419 e. The molecule has 1 aromatic rings. The van der Waals surface area contributed by atoms with Gasteiger partial charge in [0.05, 0.1) is 5.56 Å². The van der Waals surface area contributed by atoms with Crippen LogP contribution >= 0.6 is 0 Å². The smallest absolute Gasteiger partial charge is 0.358 e. The lowest BCUT2D eigenvalue weighted by Gasteiger charge is -2.25. The Hall–Kier alpha value is -1.30. The van der Waals surface area contributed by atoms with Crippen LogP contribution in [0.4, 0.5) is 19.0 Å². The molecular weight excluding hydrogens is 255 g/mol. The summed E-state index contributed by atoms with van der Waals surface area (Å²) in [5.41, 5.74) is -0.758. The first-order valence-electron chi connectivity index (χ1n) is 6.09. The molecule has 0 aliphatic heterocycles. The first kappa shape index (κ1) is 15.8. The number of nitrogens with zero attached hydrogens (tertiary/aromatic N) is 2. The van der Waals surface area contributed by atoms with Crippen molar-refractivity contribution in [2.75, 3.05) is 25.0 Å². The van der Waals surface area contributed by atoms with E-state index in [-0.39, 0.29) is 11.4 Å². The Bertz CT molecular complexity index is 410. The van der Waals surface area contributed by atoms with E-state index in [1.807, 2.05) is 20.8 Å². The van der Waals surface area contributed by atoms with Gasteiger partial charge in [0.1, 0.15) is 5.82 Å². The number of hydrogen-bond acceptors (Lipinski definition) is 3. The molecule has 1 rings (SSSR count). The lowest BCUT2D eigenvalue weighted by atomic mass is 10.1.